The molecule has 0 amide bonds. The second kappa shape index (κ2) is 6.76. The van der Waals surface area contributed by atoms with Crippen LogP contribution in [0.4, 0.5) is 0 Å². The van der Waals surface area contributed by atoms with Crippen LogP contribution in [0.5, 0.6) is 0 Å². The van der Waals surface area contributed by atoms with Gasteiger partial charge in [-0.1, -0.05) is 22.0 Å². The minimum Gasteiger partial charge on any atom is -0.130 e. The Morgan fingerprint density at radius 2 is 2.14 bits per heavy atom. The molecule has 0 aliphatic heterocycles. The summed E-state index contributed by atoms with van der Waals surface area (Å²) in [5.41, 5.74) is 2.66. The van der Waals surface area contributed by atoms with E-state index in [0.29, 0.717) is 5.88 Å². The van der Waals surface area contributed by atoms with Gasteiger partial charge >= 0.3 is 0 Å². The molecule has 1 aromatic rings. The van der Waals surface area contributed by atoms with Crippen molar-refractivity contribution >= 4 is 39.3 Å². The van der Waals surface area contributed by atoms with Gasteiger partial charge < -0.3 is 0 Å². The lowest BCUT2D eigenvalue weighted by atomic mass is 10.0. The van der Waals surface area contributed by atoms with Crippen LogP contribution >= 0.6 is 39.3 Å². The van der Waals surface area contributed by atoms with Crippen molar-refractivity contribution in [1.82, 2.24) is 0 Å². The van der Waals surface area contributed by atoms with Crippen molar-refractivity contribution in [3.63, 3.8) is 0 Å². The molecule has 0 N–H and O–H groups in total. The first kappa shape index (κ1) is 12.4. The number of aryl methyl sites for hydroxylation is 1. The summed E-state index contributed by atoms with van der Waals surface area (Å²) in [7, 11) is 0. The zero-order valence-corrected chi connectivity index (χ0v) is 11.4. The van der Waals surface area contributed by atoms with Crippen molar-refractivity contribution in [2.45, 2.75) is 23.6 Å². The molecule has 0 bridgehead atoms. The van der Waals surface area contributed by atoms with Crippen LogP contribution in [0.2, 0.25) is 0 Å². The van der Waals surface area contributed by atoms with E-state index in [2.05, 4.69) is 40.4 Å². The smallest absolute Gasteiger partial charge is 0.0477 e. The van der Waals surface area contributed by atoms with Gasteiger partial charge in [0.2, 0.25) is 0 Å². The second-order valence-corrected chi connectivity index (χ2v) is 5.00. The van der Waals surface area contributed by atoms with Gasteiger partial charge in [-0.25, -0.2) is 0 Å². The highest BCUT2D eigenvalue weighted by molar-refractivity contribution is 9.09. The SMILES string of the molecule is CSc1ccc(CCCBr)c(CCl)c1. The van der Waals surface area contributed by atoms with E-state index in [9.17, 15) is 0 Å². The number of alkyl halides is 2. The topological polar surface area (TPSA) is 0 Å². The zero-order valence-electron chi connectivity index (χ0n) is 8.22. The molecular formula is C11H14BrClS. The van der Waals surface area contributed by atoms with E-state index < -0.39 is 0 Å². The number of benzene rings is 1. The largest absolute Gasteiger partial charge is 0.130 e. The summed E-state index contributed by atoms with van der Waals surface area (Å²) in [6.45, 7) is 0. The average molecular weight is 294 g/mol. The van der Waals surface area contributed by atoms with Crippen molar-refractivity contribution in [2.24, 2.45) is 0 Å². The predicted octanol–water partition coefficient (Wildman–Crippen LogP) is 4.47. The summed E-state index contributed by atoms with van der Waals surface area (Å²) < 4.78 is 0. The molecule has 0 aliphatic carbocycles. The van der Waals surface area contributed by atoms with Gasteiger partial charge in [-0.3, -0.25) is 0 Å². The zero-order chi connectivity index (χ0) is 10.4. The minimum atomic E-state index is 0.617. The van der Waals surface area contributed by atoms with Crippen molar-refractivity contribution in [2.75, 3.05) is 11.6 Å². The molecule has 0 atom stereocenters. The average Bonchev–Trinajstić information content (AvgIpc) is 2.26. The Kier molecular flexibility index (Phi) is 5.99. The molecule has 0 saturated carbocycles. The standard InChI is InChI=1S/C11H14BrClS/c1-14-11-5-4-9(3-2-6-12)10(7-11)8-13/h4-5,7H,2-3,6,8H2,1H3. The third-order valence-electron chi connectivity index (χ3n) is 2.14. The first-order chi connectivity index (χ1) is 6.81. The van der Waals surface area contributed by atoms with E-state index >= 15 is 0 Å². The third-order valence-corrected chi connectivity index (χ3v) is 3.71. The molecule has 0 unspecified atom stereocenters. The Balaban J connectivity index is 2.82. The van der Waals surface area contributed by atoms with Gasteiger partial charge in [-0.05, 0) is 42.4 Å². The van der Waals surface area contributed by atoms with Crippen molar-refractivity contribution in [3.8, 4) is 0 Å². The number of hydrogen-bond donors (Lipinski definition) is 0. The summed E-state index contributed by atoms with van der Waals surface area (Å²) in [6.07, 6.45) is 4.37. The van der Waals surface area contributed by atoms with Crippen LogP contribution in [0.3, 0.4) is 0 Å². The summed E-state index contributed by atoms with van der Waals surface area (Å²) in [5.74, 6) is 0.617. The minimum absolute atomic E-state index is 0.617. The first-order valence-electron chi connectivity index (χ1n) is 4.59. The molecule has 0 aromatic heterocycles. The molecule has 0 nitrogen and oxygen atoms in total. The molecule has 0 fully saturated rings. The highest BCUT2D eigenvalue weighted by atomic mass is 79.9. The predicted molar refractivity (Wildman–Crippen MR) is 69.9 cm³/mol. The number of thioether (sulfide) groups is 1. The van der Waals surface area contributed by atoms with Crippen LogP contribution in [0, 0.1) is 0 Å². The highest BCUT2D eigenvalue weighted by Crippen LogP contribution is 2.22. The van der Waals surface area contributed by atoms with Gasteiger partial charge in [0, 0.05) is 16.1 Å². The summed E-state index contributed by atoms with van der Waals surface area (Å²) in [4.78, 5) is 1.29. The Morgan fingerprint density at radius 3 is 2.71 bits per heavy atom. The summed E-state index contributed by atoms with van der Waals surface area (Å²) in [6, 6.07) is 6.57. The molecule has 0 heterocycles. The maximum atomic E-state index is 5.92. The fourth-order valence-electron chi connectivity index (χ4n) is 1.35. The fraction of sp³-hybridized carbons (Fsp3) is 0.455. The van der Waals surface area contributed by atoms with Gasteiger partial charge in [0.1, 0.15) is 0 Å². The number of hydrogen-bond acceptors (Lipinski definition) is 1. The lowest BCUT2D eigenvalue weighted by molar-refractivity contribution is 0.924. The molecule has 0 aliphatic rings. The van der Waals surface area contributed by atoms with E-state index in [4.69, 9.17) is 11.6 Å². The van der Waals surface area contributed by atoms with Gasteiger partial charge in [0.15, 0.2) is 0 Å². The Bertz CT molecular complexity index is 289. The van der Waals surface area contributed by atoms with Crippen LogP contribution in [0.25, 0.3) is 0 Å². The van der Waals surface area contributed by atoms with Gasteiger partial charge in [0.05, 0.1) is 0 Å². The third kappa shape index (κ3) is 3.48. The summed E-state index contributed by atoms with van der Waals surface area (Å²) in [5, 5.41) is 1.05. The van der Waals surface area contributed by atoms with Crippen molar-refractivity contribution < 1.29 is 0 Å². The quantitative estimate of drug-likeness (QED) is 0.570. The van der Waals surface area contributed by atoms with Crippen LogP contribution < -0.4 is 0 Å². The van der Waals surface area contributed by atoms with Crippen LogP contribution in [-0.2, 0) is 12.3 Å². The first-order valence-corrected chi connectivity index (χ1v) is 7.47. The van der Waals surface area contributed by atoms with Gasteiger partial charge in [-0.2, -0.15) is 0 Å². The van der Waals surface area contributed by atoms with E-state index in [1.807, 2.05) is 0 Å². The lowest BCUT2D eigenvalue weighted by Gasteiger charge is -2.07. The molecule has 14 heavy (non-hydrogen) atoms. The number of halogens is 2. The van der Waals surface area contributed by atoms with E-state index in [1.54, 1.807) is 11.8 Å². The molecule has 0 radical (unpaired) electrons. The Morgan fingerprint density at radius 1 is 1.36 bits per heavy atom. The van der Waals surface area contributed by atoms with Crippen molar-refractivity contribution in [1.29, 1.82) is 0 Å². The van der Waals surface area contributed by atoms with Crippen LogP contribution in [0.1, 0.15) is 17.5 Å². The number of rotatable bonds is 5. The molecule has 78 valence electrons. The fourth-order valence-corrected chi connectivity index (χ4v) is 2.35. The van der Waals surface area contributed by atoms with Gasteiger partial charge in [-0.15, -0.1) is 23.4 Å². The maximum Gasteiger partial charge on any atom is 0.0477 e. The van der Waals surface area contributed by atoms with E-state index in [1.165, 1.54) is 22.4 Å². The molecule has 3 heteroatoms. The maximum absolute atomic E-state index is 5.92. The molecule has 1 rings (SSSR count). The normalized spacial score (nSPS) is 10.5. The van der Waals surface area contributed by atoms with Crippen LogP contribution in [0.15, 0.2) is 23.1 Å². The molecule has 0 spiro atoms. The molecule has 1 aromatic carbocycles. The van der Waals surface area contributed by atoms with Crippen LogP contribution in [-0.4, -0.2) is 11.6 Å². The van der Waals surface area contributed by atoms with E-state index in [0.717, 1.165) is 11.8 Å². The second-order valence-electron chi connectivity index (χ2n) is 3.06. The monoisotopic (exact) mass is 292 g/mol. The lowest BCUT2D eigenvalue weighted by Crippen LogP contribution is -1.93. The van der Waals surface area contributed by atoms with Gasteiger partial charge in [0.25, 0.3) is 0 Å². The Hall–Kier alpha value is 0.340. The summed E-state index contributed by atoms with van der Waals surface area (Å²) >= 11 is 11.1. The Labute approximate surface area is 104 Å². The van der Waals surface area contributed by atoms with E-state index in [-0.39, 0.29) is 0 Å². The highest BCUT2D eigenvalue weighted by Gasteiger charge is 2.02. The molecule has 0 saturated heterocycles. The molecular weight excluding hydrogens is 280 g/mol. The van der Waals surface area contributed by atoms with Crippen molar-refractivity contribution in [3.05, 3.63) is 29.3 Å².